The van der Waals surface area contributed by atoms with Gasteiger partial charge in [-0.25, -0.2) is 0 Å². The number of nitro benzene ring substituents is 1. The third-order valence-electron chi connectivity index (χ3n) is 3.90. The van der Waals surface area contributed by atoms with Crippen molar-refractivity contribution in [1.29, 1.82) is 0 Å². The molecule has 1 amide bonds. The zero-order valence-electron chi connectivity index (χ0n) is 13.3. The van der Waals surface area contributed by atoms with Gasteiger partial charge >= 0.3 is 0 Å². The van der Waals surface area contributed by atoms with Crippen LogP contribution in [0, 0.1) is 10.1 Å². The first kappa shape index (κ1) is 17.2. The molecule has 1 aliphatic heterocycles. The average Bonchev–Trinajstić information content (AvgIpc) is 2.62. The average molecular weight is 362 g/mol. The van der Waals surface area contributed by atoms with E-state index in [4.69, 9.17) is 16.3 Å². The Kier molecular flexibility index (Phi) is 5.16. The van der Waals surface area contributed by atoms with Crippen molar-refractivity contribution in [3.05, 3.63) is 63.2 Å². The van der Waals surface area contributed by atoms with Gasteiger partial charge in [0, 0.05) is 35.6 Å². The van der Waals surface area contributed by atoms with Crippen LogP contribution in [0.3, 0.4) is 0 Å². The molecule has 1 heterocycles. The maximum Gasteiger partial charge on any atom is 0.282 e. The van der Waals surface area contributed by atoms with E-state index in [9.17, 15) is 14.9 Å². The summed E-state index contributed by atoms with van der Waals surface area (Å²) in [5.41, 5.74) is 1.23. The molecule has 0 radical (unpaired) electrons. The molecule has 1 aliphatic rings. The summed E-state index contributed by atoms with van der Waals surface area (Å²) in [6.45, 7) is 3.02. The molecule has 8 heteroatoms. The Hall–Kier alpha value is -2.64. The molecule has 0 aromatic heterocycles. The Morgan fingerprint density at radius 3 is 2.48 bits per heavy atom. The number of ether oxygens (including phenoxy) is 1. The number of nitro groups is 1. The Morgan fingerprint density at radius 2 is 1.84 bits per heavy atom. The van der Waals surface area contributed by atoms with E-state index in [1.165, 1.54) is 18.2 Å². The Balaban J connectivity index is 1.75. The lowest BCUT2D eigenvalue weighted by Gasteiger charge is -2.28. The molecule has 0 unspecified atom stereocenters. The number of amides is 1. The minimum atomic E-state index is -0.604. The van der Waals surface area contributed by atoms with Crippen molar-refractivity contribution in [3.8, 4) is 0 Å². The van der Waals surface area contributed by atoms with Crippen LogP contribution in [0.15, 0.2) is 42.5 Å². The van der Waals surface area contributed by atoms with Gasteiger partial charge < -0.3 is 15.0 Å². The number of morpholine rings is 1. The topological polar surface area (TPSA) is 84.7 Å². The van der Waals surface area contributed by atoms with E-state index >= 15 is 0 Å². The number of rotatable bonds is 4. The fourth-order valence-corrected chi connectivity index (χ4v) is 2.80. The summed E-state index contributed by atoms with van der Waals surface area (Å²) in [6.07, 6.45) is 0. The molecular weight excluding hydrogens is 346 g/mol. The number of benzene rings is 2. The van der Waals surface area contributed by atoms with Crippen LogP contribution in [-0.4, -0.2) is 37.1 Å². The first-order valence-electron chi connectivity index (χ1n) is 7.72. The van der Waals surface area contributed by atoms with Crippen molar-refractivity contribution >= 4 is 34.6 Å². The lowest BCUT2D eigenvalue weighted by molar-refractivity contribution is -0.385. The van der Waals surface area contributed by atoms with E-state index in [0.29, 0.717) is 18.9 Å². The van der Waals surface area contributed by atoms with E-state index < -0.39 is 10.8 Å². The maximum absolute atomic E-state index is 12.4. The maximum atomic E-state index is 12.4. The number of nitrogens with one attached hydrogen (secondary N) is 1. The number of carbonyl (C=O) groups is 1. The minimum absolute atomic E-state index is 0.0743. The minimum Gasteiger partial charge on any atom is -0.378 e. The predicted octanol–water partition coefficient (Wildman–Crippen LogP) is 3.34. The van der Waals surface area contributed by atoms with Gasteiger partial charge in [0.15, 0.2) is 0 Å². The van der Waals surface area contributed by atoms with E-state index in [1.807, 2.05) is 12.1 Å². The van der Waals surface area contributed by atoms with Crippen LogP contribution in [-0.2, 0) is 4.74 Å². The van der Waals surface area contributed by atoms with Crippen molar-refractivity contribution in [3.63, 3.8) is 0 Å². The van der Waals surface area contributed by atoms with Gasteiger partial charge in [-0.15, -0.1) is 0 Å². The van der Waals surface area contributed by atoms with Gasteiger partial charge in [-0.2, -0.15) is 0 Å². The molecule has 0 atom stereocenters. The standard InChI is InChI=1S/C17H16ClN3O4/c18-12-1-6-16(21(23)24)15(11-12)17(22)19-13-2-4-14(5-3-13)20-7-9-25-10-8-20/h1-6,11H,7-10H2,(H,19,22). The Morgan fingerprint density at radius 1 is 1.16 bits per heavy atom. The predicted molar refractivity (Wildman–Crippen MR) is 95.5 cm³/mol. The summed E-state index contributed by atoms with van der Waals surface area (Å²) >= 11 is 5.86. The highest BCUT2D eigenvalue weighted by atomic mass is 35.5. The number of hydrogen-bond donors (Lipinski definition) is 1. The fourth-order valence-electron chi connectivity index (χ4n) is 2.62. The third-order valence-corrected chi connectivity index (χ3v) is 4.14. The monoisotopic (exact) mass is 361 g/mol. The van der Waals surface area contributed by atoms with Gasteiger partial charge in [-0.3, -0.25) is 14.9 Å². The molecule has 1 N–H and O–H groups in total. The Bertz CT molecular complexity index is 789. The van der Waals surface area contributed by atoms with Crippen LogP contribution < -0.4 is 10.2 Å². The first-order chi connectivity index (χ1) is 12.0. The molecule has 1 fully saturated rings. The third kappa shape index (κ3) is 4.07. The first-order valence-corrected chi connectivity index (χ1v) is 8.10. The second kappa shape index (κ2) is 7.50. The van der Waals surface area contributed by atoms with E-state index in [2.05, 4.69) is 10.2 Å². The normalized spacial score (nSPS) is 14.2. The van der Waals surface area contributed by atoms with Crippen LogP contribution in [0.25, 0.3) is 0 Å². The van der Waals surface area contributed by atoms with Crippen LogP contribution in [0.4, 0.5) is 17.1 Å². The smallest absolute Gasteiger partial charge is 0.282 e. The van der Waals surface area contributed by atoms with Gasteiger partial charge in [0.1, 0.15) is 5.56 Å². The van der Waals surface area contributed by atoms with Crippen LogP contribution >= 0.6 is 11.6 Å². The molecule has 130 valence electrons. The SMILES string of the molecule is O=C(Nc1ccc(N2CCOCC2)cc1)c1cc(Cl)ccc1[N+](=O)[O-]. The summed E-state index contributed by atoms with van der Waals surface area (Å²) in [7, 11) is 0. The van der Waals surface area contributed by atoms with Crippen LogP contribution in [0.2, 0.25) is 5.02 Å². The van der Waals surface area contributed by atoms with Crippen LogP contribution in [0.1, 0.15) is 10.4 Å². The number of carbonyl (C=O) groups excluding carboxylic acids is 1. The van der Waals surface area contributed by atoms with E-state index in [-0.39, 0.29) is 16.3 Å². The molecule has 0 aliphatic carbocycles. The number of anilines is 2. The van der Waals surface area contributed by atoms with E-state index in [1.54, 1.807) is 12.1 Å². The second-order valence-electron chi connectivity index (χ2n) is 5.52. The highest BCUT2D eigenvalue weighted by molar-refractivity contribution is 6.31. The van der Waals surface area contributed by atoms with Gasteiger partial charge in [0.05, 0.1) is 18.1 Å². The van der Waals surface area contributed by atoms with Crippen molar-refractivity contribution in [1.82, 2.24) is 0 Å². The molecule has 7 nitrogen and oxygen atoms in total. The van der Waals surface area contributed by atoms with Gasteiger partial charge in [0.25, 0.3) is 11.6 Å². The summed E-state index contributed by atoms with van der Waals surface area (Å²) in [6, 6.07) is 11.2. The quantitative estimate of drug-likeness (QED) is 0.667. The molecule has 0 spiro atoms. The molecule has 25 heavy (non-hydrogen) atoms. The molecule has 2 aromatic carbocycles. The highest BCUT2D eigenvalue weighted by Crippen LogP contribution is 2.25. The van der Waals surface area contributed by atoms with Gasteiger partial charge in [-0.1, -0.05) is 11.6 Å². The van der Waals surface area contributed by atoms with Gasteiger partial charge in [-0.05, 0) is 36.4 Å². The van der Waals surface area contributed by atoms with Crippen molar-refractivity contribution in [2.45, 2.75) is 0 Å². The van der Waals surface area contributed by atoms with E-state index in [0.717, 1.165) is 18.8 Å². The molecule has 0 bridgehead atoms. The largest absolute Gasteiger partial charge is 0.378 e. The number of halogens is 1. The highest BCUT2D eigenvalue weighted by Gasteiger charge is 2.20. The summed E-state index contributed by atoms with van der Waals surface area (Å²) in [5.74, 6) is -0.576. The summed E-state index contributed by atoms with van der Waals surface area (Å²) < 4.78 is 5.32. The molecule has 0 saturated carbocycles. The lowest BCUT2D eigenvalue weighted by Crippen LogP contribution is -2.36. The van der Waals surface area contributed by atoms with Gasteiger partial charge in [0.2, 0.25) is 0 Å². The van der Waals surface area contributed by atoms with Crippen molar-refractivity contribution in [2.24, 2.45) is 0 Å². The second-order valence-corrected chi connectivity index (χ2v) is 5.96. The summed E-state index contributed by atoms with van der Waals surface area (Å²) in [4.78, 5) is 25.0. The molecule has 1 saturated heterocycles. The zero-order valence-corrected chi connectivity index (χ0v) is 14.0. The van der Waals surface area contributed by atoms with Crippen molar-refractivity contribution < 1.29 is 14.5 Å². The number of nitrogens with zero attached hydrogens (tertiary/aromatic N) is 2. The summed E-state index contributed by atoms with van der Waals surface area (Å²) in [5, 5.41) is 14.0. The fraction of sp³-hybridized carbons (Fsp3) is 0.235. The Labute approximate surface area is 149 Å². The zero-order chi connectivity index (χ0) is 17.8. The molecule has 2 aromatic rings. The lowest BCUT2D eigenvalue weighted by atomic mass is 10.1. The van der Waals surface area contributed by atoms with Crippen molar-refractivity contribution in [2.75, 3.05) is 36.5 Å². The molecular formula is C17H16ClN3O4. The van der Waals surface area contributed by atoms with Crippen LogP contribution in [0.5, 0.6) is 0 Å². The number of hydrogen-bond acceptors (Lipinski definition) is 5. The molecule has 3 rings (SSSR count).